The van der Waals surface area contributed by atoms with Crippen molar-refractivity contribution in [1.29, 1.82) is 0 Å². The maximum atomic E-state index is 13.3. The van der Waals surface area contributed by atoms with E-state index in [0.717, 1.165) is 62.0 Å². The third-order valence-corrected chi connectivity index (χ3v) is 9.31. The quantitative estimate of drug-likeness (QED) is 0.134. The largest absolute Gasteiger partial charge is 0.502 e. The van der Waals surface area contributed by atoms with E-state index in [4.69, 9.17) is 29.4 Å². The smallest absolute Gasteiger partial charge is 0.315 e. The summed E-state index contributed by atoms with van der Waals surface area (Å²) in [6.07, 6.45) is 3.04. The molecule has 46 heavy (non-hydrogen) atoms. The number of carbonyl (C=O) groups excluding carboxylic acids is 1. The first-order valence-corrected chi connectivity index (χ1v) is 16.3. The van der Waals surface area contributed by atoms with Gasteiger partial charge in [-0.15, -0.1) is 0 Å². The Kier molecular flexibility index (Phi) is 11.7. The average Bonchev–Trinajstić information content (AvgIpc) is 3.69. The Hall–Kier alpha value is -3.49. The monoisotopic (exact) mass is 643 g/mol. The first-order chi connectivity index (χ1) is 22.4. The standard InChI is InChI=1S/C33H49N5O8/c1-4-20(7-10-35-9-6-5-8-34)36-11-12-37-33(41)38-30-22-16-25-24(45-18-46-25)15-21(22)28(29-23(30)17-44-32(29)40)19-13-26(42-2)31(39)27(14-19)43-3/h13-16,20,23,28-30,32,35-36,39-40H,4-12,17-18,34H2,1-3H3,(H2,37,38,41)/t20?,23-,28+,29-,30+,32?/m0/s1. The van der Waals surface area contributed by atoms with Gasteiger partial charge in [-0.05, 0) is 86.3 Å². The molecule has 1 fully saturated rings. The predicted octanol–water partition coefficient (Wildman–Crippen LogP) is 2.29. The van der Waals surface area contributed by atoms with Crippen LogP contribution in [0, 0.1) is 11.8 Å². The van der Waals surface area contributed by atoms with Gasteiger partial charge in [-0.1, -0.05) is 6.92 Å². The second kappa shape index (κ2) is 15.9. The summed E-state index contributed by atoms with van der Waals surface area (Å²) in [5, 5.41) is 34.9. The Balaban J connectivity index is 1.31. The zero-order chi connectivity index (χ0) is 32.6. The number of fused-ring (bicyclic) bond motifs is 3. The van der Waals surface area contributed by atoms with Gasteiger partial charge in [0.05, 0.1) is 26.9 Å². The van der Waals surface area contributed by atoms with Crippen LogP contribution in [-0.4, -0.2) is 88.9 Å². The highest BCUT2D eigenvalue weighted by Gasteiger charge is 2.52. The van der Waals surface area contributed by atoms with Crippen LogP contribution in [0.1, 0.15) is 61.3 Å². The number of hydrogen-bond donors (Lipinski definition) is 7. The van der Waals surface area contributed by atoms with Gasteiger partial charge in [0.25, 0.3) is 0 Å². The van der Waals surface area contributed by atoms with Gasteiger partial charge in [-0.3, -0.25) is 0 Å². The number of amides is 2. The number of phenols is 1. The van der Waals surface area contributed by atoms with Crippen molar-refractivity contribution in [2.75, 3.05) is 60.3 Å². The van der Waals surface area contributed by atoms with Crippen LogP contribution in [0.4, 0.5) is 4.79 Å². The Morgan fingerprint density at radius 2 is 1.74 bits per heavy atom. The molecule has 0 saturated carbocycles. The highest BCUT2D eigenvalue weighted by Crippen LogP contribution is 2.56. The second-order valence-electron chi connectivity index (χ2n) is 12.0. The Bertz CT molecular complexity index is 1300. The average molecular weight is 644 g/mol. The molecule has 0 bridgehead atoms. The molecule has 2 aliphatic heterocycles. The number of aliphatic hydroxyl groups is 1. The second-order valence-corrected chi connectivity index (χ2v) is 12.0. The number of unbranched alkanes of at least 4 members (excludes halogenated alkanes) is 1. The van der Waals surface area contributed by atoms with Crippen LogP contribution >= 0.6 is 0 Å². The summed E-state index contributed by atoms with van der Waals surface area (Å²) < 4.78 is 28.2. The molecule has 2 amide bonds. The molecule has 2 heterocycles. The van der Waals surface area contributed by atoms with Crippen molar-refractivity contribution in [2.24, 2.45) is 17.6 Å². The molecule has 254 valence electrons. The molecule has 2 unspecified atom stereocenters. The number of carbonyl (C=O) groups is 1. The summed E-state index contributed by atoms with van der Waals surface area (Å²) in [6, 6.07) is 6.88. The van der Waals surface area contributed by atoms with E-state index in [0.29, 0.717) is 30.6 Å². The number of urea groups is 1. The highest BCUT2D eigenvalue weighted by atomic mass is 16.7. The zero-order valence-electron chi connectivity index (χ0n) is 27.0. The minimum Gasteiger partial charge on any atom is -0.502 e. The molecule has 8 N–H and O–H groups in total. The molecule has 6 atom stereocenters. The van der Waals surface area contributed by atoms with Crippen molar-refractivity contribution in [2.45, 2.75) is 56.9 Å². The summed E-state index contributed by atoms with van der Waals surface area (Å²) in [5.41, 5.74) is 8.01. The molecule has 0 radical (unpaired) electrons. The fourth-order valence-corrected chi connectivity index (χ4v) is 6.89. The lowest BCUT2D eigenvalue weighted by atomic mass is 9.65. The molecule has 1 saturated heterocycles. The van der Waals surface area contributed by atoms with Crippen LogP contribution in [0.25, 0.3) is 0 Å². The Labute approximate surface area is 270 Å². The number of hydrogen-bond acceptors (Lipinski definition) is 11. The van der Waals surface area contributed by atoms with E-state index in [-0.39, 0.29) is 48.5 Å². The first-order valence-electron chi connectivity index (χ1n) is 16.3. The van der Waals surface area contributed by atoms with Crippen LogP contribution in [-0.2, 0) is 4.74 Å². The fourth-order valence-electron chi connectivity index (χ4n) is 6.89. The highest BCUT2D eigenvalue weighted by molar-refractivity contribution is 5.75. The predicted molar refractivity (Wildman–Crippen MR) is 172 cm³/mol. The molecule has 13 heteroatoms. The first kappa shape index (κ1) is 33.9. The number of nitrogens with two attached hydrogens (primary N) is 1. The molecule has 13 nitrogen and oxygen atoms in total. The van der Waals surface area contributed by atoms with E-state index in [2.05, 4.69) is 28.2 Å². The van der Waals surface area contributed by atoms with Crippen molar-refractivity contribution >= 4 is 6.03 Å². The summed E-state index contributed by atoms with van der Waals surface area (Å²) in [7, 11) is 2.95. The Morgan fingerprint density at radius 1 is 1.02 bits per heavy atom. The number of benzene rings is 2. The van der Waals surface area contributed by atoms with Gasteiger partial charge in [-0.25, -0.2) is 4.79 Å². The van der Waals surface area contributed by atoms with Crippen LogP contribution in [0.15, 0.2) is 24.3 Å². The maximum Gasteiger partial charge on any atom is 0.315 e. The van der Waals surface area contributed by atoms with Crippen molar-refractivity contribution < 1.29 is 38.7 Å². The van der Waals surface area contributed by atoms with Crippen LogP contribution in [0.2, 0.25) is 0 Å². The van der Waals surface area contributed by atoms with Crippen molar-refractivity contribution in [3.8, 4) is 28.7 Å². The minimum absolute atomic E-state index is 0.0943. The van der Waals surface area contributed by atoms with Crippen LogP contribution in [0.3, 0.4) is 0 Å². The number of rotatable bonds is 16. The van der Waals surface area contributed by atoms with E-state index in [1.165, 1.54) is 14.2 Å². The summed E-state index contributed by atoms with van der Waals surface area (Å²) in [6.45, 7) is 6.22. The lowest BCUT2D eigenvalue weighted by Gasteiger charge is -2.41. The van der Waals surface area contributed by atoms with Gasteiger partial charge >= 0.3 is 6.03 Å². The number of ether oxygens (including phenoxy) is 5. The molecule has 3 aliphatic rings. The molecule has 1 aliphatic carbocycles. The van der Waals surface area contributed by atoms with Gasteiger partial charge in [0.1, 0.15) is 0 Å². The topological polar surface area (TPSA) is 178 Å². The molecular formula is C33H49N5O8. The normalized spacial score (nSPS) is 23.4. The third kappa shape index (κ3) is 7.39. The summed E-state index contributed by atoms with van der Waals surface area (Å²) >= 11 is 0. The van der Waals surface area contributed by atoms with Crippen molar-refractivity contribution in [1.82, 2.24) is 21.3 Å². The van der Waals surface area contributed by atoms with Crippen LogP contribution in [0.5, 0.6) is 28.7 Å². The molecular weight excluding hydrogens is 594 g/mol. The molecule has 2 aromatic carbocycles. The van der Waals surface area contributed by atoms with Gasteiger partial charge < -0.3 is 60.9 Å². The lowest BCUT2D eigenvalue weighted by molar-refractivity contribution is -0.0855. The van der Waals surface area contributed by atoms with Gasteiger partial charge in [0.2, 0.25) is 12.5 Å². The van der Waals surface area contributed by atoms with Gasteiger partial charge in [0.15, 0.2) is 29.3 Å². The molecule has 0 spiro atoms. The van der Waals surface area contributed by atoms with Crippen molar-refractivity contribution in [3.05, 3.63) is 41.0 Å². The van der Waals surface area contributed by atoms with E-state index < -0.39 is 18.2 Å². The van der Waals surface area contributed by atoms with E-state index >= 15 is 0 Å². The summed E-state index contributed by atoms with van der Waals surface area (Å²) in [5.74, 6) is 0.490. The van der Waals surface area contributed by atoms with E-state index in [9.17, 15) is 15.0 Å². The summed E-state index contributed by atoms with van der Waals surface area (Å²) in [4.78, 5) is 13.3. The molecule has 0 aromatic heterocycles. The Morgan fingerprint density at radius 3 is 2.41 bits per heavy atom. The lowest BCUT2D eigenvalue weighted by Crippen LogP contribution is -2.47. The number of aliphatic hydroxyl groups excluding tert-OH is 1. The molecule has 2 aromatic rings. The number of methoxy groups -OCH3 is 2. The van der Waals surface area contributed by atoms with E-state index in [1.807, 2.05) is 12.1 Å². The number of aromatic hydroxyl groups is 1. The zero-order valence-corrected chi connectivity index (χ0v) is 27.0. The maximum absolute atomic E-state index is 13.3. The number of nitrogens with one attached hydrogen (secondary N) is 4. The van der Waals surface area contributed by atoms with Crippen LogP contribution < -0.4 is 45.9 Å². The fraction of sp³-hybridized carbons (Fsp3) is 0.606. The minimum atomic E-state index is -1.09. The SMILES string of the molecule is CCC(CCNCCCCN)NCCNC(=O)N[C@@H]1c2cc3c(cc2[C@@H](c2cc(OC)c(O)c(OC)c2)[C@H]2C(O)OC[C@@H]21)OCO3. The van der Waals surface area contributed by atoms with Gasteiger partial charge in [0, 0.05) is 36.9 Å². The molecule has 5 rings (SSSR count). The van der Waals surface area contributed by atoms with Gasteiger partial charge in [-0.2, -0.15) is 0 Å². The number of phenolic OH excluding ortho intramolecular Hbond substituents is 1. The van der Waals surface area contributed by atoms with Crippen molar-refractivity contribution in [3.63, 3.8) is 0 Å². The van der Waals surface area contributed by atoms with E-state index in [1.54, 1.807) is 12.1 Å². The third-order valence-electron chi connectivity index (χ3n) is 9.31.